The van der Waals surface area contributed by atoms with E-state index in [4.69, 9.17) is 10.5 Å². The molecule has 1 heterocycles. The summed E-state index contributed by atoms with van der Waals surface area (Å²) >= 11 is 0. The number of methoxy groups -OCH3 is 1. The molecule has 0 bridgehead atoms. The molecule has 1 aromatic heterocycles. The second kappa shape index (κ2) is 5.65. The summed E-state index contributed by atoms with van der Waals surface area (Å²) in [4.78, 5) is 0. The van der Waals surface area contributed by atoms with Gasteiger partial charge < -0.3 is 15.8 Å². The minimum atomic E-state index is 0.698. The van der Waals surface area contributed by atoms with Gasteiger partial charge in [0, 0.05) is 12.2 Å². The van der Waals surface area contributed by atoms with Gasteiger partial charge >= 0.3 is 0 Å². The van der Waals surface area contributed by atoms with Gasteiger partial charge in [-0.25, -0.2) is 4.68 Å². The number of hydrogen-bond acceptors (Lipinski definition) is 4. The van der Waals surface area contributed by atoms with Gasteiger partial charge in [-0.15, -0.1) is 0 Å². The number of hydrogen-bond donors (Lipinski definition) is 2. The van der Waals surface area contributed by atoms with Crippen LogP contribution in [0.25, 0.3) is 0 Å². The molecule has 0 aliphatic heterocycles. The molecule has 0 spiro atoms. The Kier molecular flexibility index (Phi) is 3.94. The number of aryl methyl sites for hydroxylation is 2. The number of benzene rings is 1. The summed E-state index contributed by atoms with van der Waals surface area (Å²) in [5, 5.41) is 7.75. The van der Waals surface area contributed by atoms with Crippen molar-refractivity contribution in [2.75, 3.05) is 18.2 Å². The molecule has 5 nitrogen and oxygen atoms in total. The monoisotopic (exact) mass is 260 g/mol. The van der Waals surface area contributed by atoms with Gasteiger partial charge in [0.05, 0.1) is 18.5 Å². The molecule has 0 fully saturated rings. The third-order valence-corrected chi connectivity index (χ3v) is 2.96. The number of nitrogens with one attached hydrogen (secondary N) is 1. The Morgan fingerprint density at radius 3 is 2.58 bits per heavy atom. The highest BCUT2D eigenvalue weighted by atomic mass is 16.5. The highest BCUT2D eigenvalue weighted by Crippen LogP contribution is 2.27. The Morgan fingerprint density at radius 1 is 1.32 bits per heavy atom. The van der Waals surface area contributed by atoms with Crippen molar-refractivity contribution >= 4 is 17.2 Å². The van der Waals surface area contributed by atoms with E-state index in [1.54, 1.807) is 7.11 Å². The zero-order valence-corrected chi connectivity index (χ0v) is 11.6. The quantitative estimate of drug-likeness (QED) is 0.867. The van der Waals surface area contributed by atoms with Gasteiger partial charge in [0.25, 0.3) is 0 Å². The molecule has 0 unspecified atom stereocenters. The van der Waals surface area contributed by atoms with Crippen LogP contribution < -0.4 is 15.8 Å². The van der Waals surface area contributed by atoms with Crippen molar-refractivity contribution in [1.82, 2.24) is 9.78 Å². The zero-order chi connectivity index (χ0) is 13.8. The molecule has 1 aromatic carbocycles. The molecule has 19 heavy (non-hydrogen) atoms. The minimum absolute atomic E-state index is 0.698. The lowest BCUT2D eigenvalue weighted by Crippen LogP contribution is -2.05. The van der Waals surface area contributed by atoms with Gasteiger partial charge in [-0.05, 0) is 37.6 Å². The summed E-state index contributed by atoms with van der Waals surface area (Å²) in [5.74, 6) is 1.68. The molecule has 0 aliphatic carbocycles. The van der Waals surface area contributed by atoms with Gasteiger partial charge in [-0.1, -0.05) is 6.92 Å². The van der Waals surface area contributed by atoms with Crippen LogP contribution in [0.5, 0.6) is 5.75 Å². The highest BCUT2D eigenvalue weighted by Gasteiger charge is 2.12. The zero-order valence-electron chi connectivity index (χ0n) is 11.6. The van der Waals surface area contributed by atoms with E-state index in [0.717, 1.165) is 35.9 Å². The molecule has 0 saturated carbocycles. The summed E-state index contributed by atoms with van der Waals surface area (Å²) in [6.07, 6.45) is 1.01. The maximum atomic E-state index is 6.07. The van der Waals surface area contributed by atoms with Crippen LogP contribution in [0.2, 0.25) is 0 Å². The largest absolute Gasteiger partial charge is 0.497 e. The number of rotatable bonds is 5. The topological polar surface area (TPSA) is 65.1 Å². The van der Waals surface area contributed by atoms with E-state index in [2.05, 4.69) is 17.3 Å². The minimum Gasteiger partial charge on any atom is -0.497 e. The molecule has 102 valence electrons. The molecule has 0 amide bonds. The van der Waals surface area contributed by atoms with E-state index >= 15 is 0 Å². The molecular weight excluding hydrogens is 240 g/mol. The van der Waals surface area contributed by atoms with Crippen molar-refractivity contribution in [1.29, 1.82) is 0 Å². The Labute approximate surface area is 113 Å². The number of ether oxygens (including phenoxy) is 1. The normalized spacial score (nSPS) is 10.5. The lowest BCUT2D eigenvalue weighted by Gasteiger charge is -2.10. The van der Waals surface area contributed by atoms with Gasteiger partial charge in [-0.3, -0.25) is 0 Å². The van der Waals surface area contributed by atoms with Crippen LogP contribution in [0.4, 0.5) is 17.2 Å². The lowest BCUT2D eigenvalue weighted by atomic mass is 10.3. The van der Waals surface area contributed by atoms with Crippen molar-refractivity contribution < 1.29 is 4.74 Å². The number of anilines is 3. The molecule has 5 heteroatoms. The second-order valence-corrected chi connectivity index (χ2v) is 4.42. The maximum absolute atomic E-state index is 6.07. The summed E-state index contributed by atoms with van der Waals surface area (Å²) in [5.41, 5.74) is 8.58. The van der Waals surface area contributed by atoms with Crippen LogP contribution in [0.3, 0.4) is 0 Å². The first-order chi connectivity index (χ1) is 9.15. The molecule has 3 N–H and O–H groups in total. The third-order valence-electron chi connectivity index (χ3n) is 2.96. The van der Waals surface area contributed by atoms with Crippen molar-refractivity contribution in [3.05, 3.63) is 30.0 Å². The molecule has 0 atom stereocenters. The van der Waals surface area contributed by atoms with Crippen LogP contribution in [-0.2, 0) is 6.54 Å². The molecule has 0 saturated heterocycles. The summed E-state index contributed by atoms with van der Waals surface area (Å²) in [6, 6.07) is 7.73. The van der Waals surface area contributed by atoms with Crippen LogP contribution in [0.1, 0.15) is 19.0 Å². The van der Waals surface area contributed by atoms with Gasteiger partial charge in [0.15, 0.2) is 5.82 Å². The smallest absolute Gasteiger partial charge is 0.152 e. The van der Waals surface area contributed by atoms with Crippen LogP contribution in [0.15, 0.2) is 24.3 Å². The Balaban J connectivity index is 2.26. The summed E-state index contributed by atoms with van der Waals surface area (Å²) < 4.78 is 7.05. The van der Waals surface area contributed by atoms with Crippen molar-refractivity contribution in [2.45, 2.75) is 26.8 Å². The molecular formula is C14H20N4O. The van der Waals surface area contributed by atoms with Gasteiger partial charge in [0.1, 0.15) is 5.75 Å². The van der Waals surface area contributed by atoms with Gasteiger partial charge in [-0.2, -0.15) is 5.10 Å². The number of nitrogens with zero attached hydrogens (tertiary/aromatic N) is 2. The van der Waals surface area contributed by atoms with E-state index in [1.807, 2.05) is 35.9 Å². The number of nitrogen functional groups attached to an aromatic ring is 1. The fraction of sp³-hybridized carbons (Fsp3) is 0.357. The Hall–Kier alpha value is -2.17. The number of nitrogens with two attached hydrogens (primary N) is 1. The van der Waals surface area contributed by atoms with E-state index in [-0.39, 0.29) is 0 Å². The van der Waals surface area contributed by atoms with E-state index in [1.165, 1.54) is 0 Å². The fourth-order valence-corrected chi connectivity index (χ4v) is 1.91. The predicted octanol–water partition coefficient (Wildman–Crippen LogP) is 2.94. The van der Waals surface area contributed by atoms with Crippen LogP contribution >= 0.6 is 0 Å². The van der Waals surface area contributed by atoms with E-state index in [0.29, 0.717) is 5.69 Å². The van der Waals surface area contributed by atoms with Crippen molar-refractivity contribution in [3.63, 3.8) is 0 Å². The molecule has 0 aliphatic rings. The first-order valence-corrected chi connectivity index (χ1v) is 6.39. The fourth-order valence-electron chi connectivity index (χ4n) is 1.91. The number of aromatic nitrogens is 2. The average Bonchev–Trinajstić information content (AvgIpc) is 2.68. The van der Waals surface area contributed by atoms with Crippen molar-refractivity contribution in [3.8, 4) is 5.75 Å². The standard InChI is InChI=1S/C14H20N4O/c1-4-9-18-14(13(15)10(2)17-18)16-11-5-7-12(19-3)8-6-11/h5-8,16H,4,9,15H2,1-3H3. The summed E-state index contributed by atoms with van der Waals surface area (Å²) in [7, 11) is 1.65. The summed E-state index contributed by atoms with van der Waals surface area (Å²) in [6.45, 7) is 4.88. The second-order valence-electron chi connectivity index (χ2n) is 4.42. The first kappa shape index (κ1) is 13.3. The molecule has 0 radical (unpaired) electrons. The van der Waals surface area contributed by atoms with Crippen LogP contribution in [0, 0.1) is 6.92 Å². The SMILES string of the molecule is CCCn1nc(C)c(N)c1Nc1ccc(OC)cc1. The highest BCUT2D eigenvalue weighted by molar-refractivity contribution is 5.71. The lowest BCUT2D eigenvalue weighted by molar-refractivity contribution is 0.415. The Bertz CT molecular complexity index is 545. The van der Waals surface area contributed by atoms with Gasteiger partial charge in [0.2, 0.25) is 0 Å². The average molecular weight is 260 g/mol. The Morgan fingerprint density at radius 2 is 2.00 bits per heavy atom. The van der Waals surface area contributed by atoms with Crippen molar-refractivity contribution in [2.24, 2.45) is 0 Å². The van der Waals surface area contributed by atoms with E-state index < -0.39 is 0 Å². The third kappa shape index (κ3) is 2.81. The predicted molar refractivity (Wildman–Crippen MR) is 77.9 cm³/mol. The first-order valence-electron chi connectivity index (χ1n) is 6.39. The van der Waals surface area contributed by atoms with Crippen LogP contribution in [-0.4, -0.2) is 16.9 Å². The molecule has 2 aromatic rings. The molecule has 2 rings (SSSR count). The maximum Gasteiger partial charge on any atom is 0.152 e. The van der Waals surface area contributed by atoms with E-state index in [9.17, 15) is 0 Å².